The molecule has 1 saturated heterocycles. The molecule has 0 aromatic heterocycles. The van der Waals surface area contributed by atoms with Gasteiger partial charge in [-0.2, -0.15) is 0 Å². The Hall–Kier alpha value is -2.08. The zero-order valence-corrected chi connectivity index (χ0v) is 15.4. The van der Waals surface area contributed by atoms with Gasteiger partial charge < -0.3 is 20.7 Å². The number of hydrogen-bond donors (Lipinski definition) is 3. The normalized spacial score (nSPS) is 18.2. The third kappa shape index (κ3) is 7.13. The van der Waals surface area contributed by atoms with Crippen LogP contribution in [0.1, 0.15) is 51.2 Å². The Morgan fingerprint density at radius 1 is 1.28 bits per heavy atom. The number of benzene rings is 1. The third-order valence-electron chi connectivity index (χ3n) is 3.96. The van der Waals surface area contributed by atoms with Crippen LogP contribution < -0.4 is 16.0 Å². The first-order valence-electron chi connectivity index (χ1n) is 8.87. The van der Waals surface area contributed by atoms with Crippen LogP contribution in [0.5, 0.6) is 0 Å². The van der Waals surface area contributed by atoms with Gasteiger partial charge in [0, 0.05) is 13.1 Å². The van der Waals surface area contributed by atoms with Crippen molar-refractivity contribution >= 4 is 11.9 Å². The van der Waals surface area contributed by atoms with Gasteiger partial charge in [0.1, 0.15) is 6.04 Å². The van der Waals surface area contributed by atoms with Crippen molar-refractivity contribution in [1.82, 2.24) is 16.0 Å². The van der Waals surface area contributed by atoms with Crippen LogP contribution in [0.2, 0.25) is 0 Å². The molecule has 0 aliphatic carbocycles. The fourth-order valence-electron chi connectivity index (χ4n) is 2.60. The van der Waals surface area contributed by atoms with Gasteiger partial charge in [-0.15, -0.1) is 0 Å². The molecule has 3 N–H and O–H groups in total. The predicted octanol–water partition coefficient (Wildman–Crippen LogP) is 2.47. The minimum absolute atomic E-state index is 0.103. The minimum atomic E-state index is -0.450. The van der Waals surface area contributed by atoms with E-state index in [9.17, 15) is 9.59 Å². The van der Waals surface area contributed by atoms with E-state index in [1.165, 1.54) is 0 Å². The molecule has 1 aliphatic heterocycles. The maximum atomic E-state index is 12.1. The number of amides is 3. The maximum Gasteiger partial charge on any atom is 0.315 e. The standard InChI is InChI=1S/C19H29N3O3/c1-19(2,3)25-13-15-8-6-7-14(11-15)12-21-18(24)22-16-9-4-5-10-20-17(16)23/h6-8,11,16H,4-5,9-10,12-13H2,1-3H3,(H,20,23)(H2,21,22,24)/t16-/m0/s1. The fourth-order valence-corrected chi connectivity index (χ4v) is 2.60. The van der Waals surface area contributed by atoms with Crippen LogP contribution in [0.3, 0.4) is 0 Å². The van der Waals surface area contributed by atoms with Gasteiger partial charge in [0.2, 0.25) is 5.91 Å². The summed E-state index contributed by atoms with van der Waals surface area (Å²) in [7, 11) is 0. The molecule has 2 rings (SSSR count). The second-order valence-electron chi connectivity index (χ2n) is 7.39. The summed E-state index contributed by atoms with van der Waals surface area (Å²) in [4.78, 5) is 23.9. The van der Waals surface area contributed by atoms with Crippen molar-refractivity contribution in [1.29, 1.82) is 0 Å². The zero-order chi connectivity index (χ0) is 18.3. The molecule has 0 unspecified atom stereocenters. The summed E-state index contributed by atoms with van der Waals surface area (Å²) in [6, 6.07) is 7.16. The summed E-state index contributed by atoms with van der Waals surface area (Å²) in [5.41, 5.74) is 1.88. The van der Waals surface area contributed by atoms with Crippen molar-refractivity contribution < 1.29 is 14.3 Å². The summed E-state index contributed by atoms with van der Waals surface area (Å²) in [5, 5.41) is 8.38. The van der Waals surface area contributed by atoms with E-state index in [4.69, 9.17) is 4.74 Å². The lowest BCUT2D eigenvalue weighted by molar-refractivity contribution is -0.122. The molecule has 1 aliphatic rings. The molecule has 1 aromatic rings. The first-order chi connectivity index (χ1) is 11.8. The van der Waals surface area contributed by atoms with Gasteiger partial charge in [-0.3, -0.25) is 4.79 Å². The molecule has 6 nitrogen and oxygen atoms in total. The van der Waals surface area contributed by atoms with Crippen molar-refractivity contribution in [3.63, 3.8) is 0 Å². The average Bonchev–Trinajstić information content (AvgIpc) is 2.76. The molecule has 1 heterocycles. The predicted molar refractivity (Wildman–Crippen MR) is 97.0 cm³/mol. The highest BCUT2D eigenvalue weighted by atomic mass is 16.5. The third-order valence-corrected chi connectivity index (χ3v) is 3.96. The largest absolute Gasteiger partial charge is 0.371 e. The molecule has 138 valence electrons. The summed E-state index contributed by atoms with van der Waals surface area (Å²) < 4.78 is 5.78. The molecule has 1 fully saturated rings. The van der Waals surface area contributed by atoms with Gasteiger partial charge >= 0.3 is 6.03 Å². The van der Waals surface area contributed by atoms with Crippen molar-refractivity contribution in [2.24, 2.45) is 0 Å². The molecule has 3 amide bonds. The van der Waals surface area contributed by atoms with Crippen LogP contribution in [0.15, 0.2) is 24.3 Å². The molecule has 0 bridgehead atoms. The van der Waals surface area contributed by atoms with Gasteiger partial charge in [-0.1, -0.05) is 24.3 Å². The second kappa shape index (κ2) is 8.85. The maximum absolute atomic E-state index is 12.1. The summed E-state index contributed by atoms with van der Waals surface area (Å²) >= 11 is 0. The Morgan fingerprint density at radius 3 is 2.80 bits per heavy atom. The van der Waals surface area contributed by atoms with Gasteiger partial charge in [-0.05, 0) is 51.2 Å². The van der Waals surface area contributed by atoms with Crippen LogP contribution in [-0.4, -0.2) is 30.1 Å². The zero-order valence-electron chi connectivity index (χ0n) is 15.4. The Bertz CT molecular complexity index is 596. The molecule has 25 heavy (non-hydrogen) atoms. The summed E-state index contributed by atoms with van der Waals surface area (Å²) in [6.07, 6.45) is 2.56. The summed E-state index contributed by atoms with van der Waals surface area (Å²) in [5.74, 6) is -0.103. The monoisotopic (exact) mass is 347 g/mol. The topological polar surface area (TPSA) is 79.5 Å². The highest BCUT2D eigenvalue weighted by Crippen LogP contribution is 2.13. The minimum Gasteiger partial charge on any atom is -0.371 e. The molecule has 0 radical (unpaired) electrons. The van der Waals surface area contributed by atoms with E-state index >= 15 is 0 Å². The van der Waals surface area contributed by atoms with E-state index in [0.29, 0.717) is 26.1 Å². The molecule has 1 aromatic carbocycles. The first kappa shape index (κ1) is 19.2. The van der Waals surface area contributed by atoms with Gasteiger partial charge in [0.05, 0.1) is 12.2 Å². The number of hydrogen-bond acceptors (Lipinski definition) is 3. The number of ether oxygens (including phenoxy) is 1. The highest BCUT2D eigenvalue weighted by molar-refractivity contribution is 5.87. The Balaban J connectivity index is 1.82. The second-order valence-corrected chi connectivity index (χ2v) is 7.39. The van der Waals surface area contributed by atoms with Crippen LogP contribution in [-0.2, 0) is 22.7 Å². The average molecular weight is 347 g/mol. The number of carbonyl (C=O) groups is 2. The molecule has 1 atom stereocenters. The van der Waals surface area contributed by atoms with Crippen LogP contribution >= 0.6 is 0 Å². The molecular weight excluding hydrogens is 318 g/mol. The SMILES string of the molecule is CC(C)(C)OCc1cccc(CNC(=O)N[C@H]2CCCCNC2=O)c1. The van der Waals surface area contributed by atoms with Crippen LogP contribution in [0, 0.1) is 0 Å². The molecule has 6 heteroatoms. The van der Waals surface area contributed by atoms with E-state index in [1.54, 1.807) is 0 Å². The van der Waals surface area contributed by atoms with E-state index < -0.39 is 6.04 Å². The van der Waals surface area contributed by atoms with Crippen molar-refractivity contribution in [2.75, 3.05) is 6.54 Å². The number of nitrogens with one attached hydrogen (secondary N) is 3. The van der Waals surface area contributed by atoms with Crippen LogP contribution in [0.25, 0.3) is 0 Å². The number of urea groups is 1. The van der Waals surface area contributed by atoms with Gasteiger partial charge in [-0.25, -0.2) is 4.79 Å². The first-order valence-corrected chi connectivity index (χ1v) is 8.87. The van der Waals surface area contributed by atoms with Crippen molar-refractivity contribution in [3.8, 4) is 0 Å². The lowest BCUT2D eigenvalue weighted by Gasteiger charge is -2.20. The van der Waals surface area contributed by atoms with E-state index in [1.807, 2.05) is 45.0 Å². The van der Waals surface area contributed by atoms with Crippen molar-refractivity contribution in [3.05, 3.63) is 35.4 Å². The smallest absolute Gasteiger partial charge is 0.315 e. The van der Waals surface area contributed by atoms with Gasteiger partial charge in [0.15, 0.2) is 0 Å². The van der Waals surface area contributed by atoms with E-state index in [2.05, 4.69) is 16.0 Å². The lowest BCUT2D eigenvalue weighted by Crippen LogP contribution is -2.48. The Labute approximate surface area is 149 Å². The molecule has 0 spiro atoms. The summed E-state index contributed by atoms with van der Waals surface area (Å²) in [6.45, 7) is 7.68. The number of carbonyl (C=O) groups excluding carboxylic acids is 2. The van der Waals surface area contributed by atoms with Gasteiger partial charge in [0.25, 0.3) is 0 Å². The lowest BCUT2D eigenvalue weighted by atomic mass is 10.1. The highest BCUT2D eigenvalue weighted by Gasteiger charge is 2.22. The number of rotatable bonds is 5. The Morgan fingerprint density at radius 2 is 2.04 bits per heavy atom. The van der Waals surface area contributed by atoms with Crippen LogP contribution in [0.4, 0.5) is 4.79 Å². The molecule has 0 saturated carbocycles. The van der Waals surface area contributed by atoms with Crippen molar-refractivity contribution in [2.45, 2.75) is 64.8 Å². The van der Waals surface area contributed by atoms with E-state index in [-0.39, 0.29) is 17.5 Å². The molecular formula is C19H29N3O3. The fraction of sp³-hybridized carbons (Fsp3) is 0.579. The van der Waals surface area contributed by atoms with E-state index in [0.717, 1.165) is 24.0 Å². The Kier molecular flexibility index (Phi) is 6.82. The quantitative estimate of drug-likeness (QED) is 0.765.